The Kier molecular flexibility index (Phi) is 5.91. The first-order chi connectivity index (χ1) is 7.27. The molecule has 1 N–H and O–H groups in total. The van der Waals surface area contributed by atoms with Crippen LogP contribution in [0.1, 0.15) is 6.42 Å². The first-order valence-electron chi connectivity index (χ1n) is 4.89. The van der Waals surface area contributed by atoms with Crippen molar-refractivity contribution in [3.8, 4) is 5.75 Å². The quantitative estimate of drug-likeness (QED) is 0.615. The van der Waals surface area contributed by atoms with E-state index in [4.69, 9.17) is 16.3 Å². The maximum atomic E-state index is 5.93. The van der Waals surface area contributed by atoms with Gasteiger partial charge in [-0.05, 0) is 44.0 Å². The molecular formula is C11H16ClNOS. The fourth-order valence-corrected chi connectivity index (χ4v) is 2.44. The lowest BCUT2D eigenvalue weighted by molar-refractivity contribution is 0.405. The smallest absolute Gasteiger partial charge is 0.132 e. The normalized spacial score (nSPS) is 10.3. The summed E-state index contributed by atoms with van der Waals surface area (Å²) in [5, 5.41) is 3.88. The fraction of sp³-hybridized carbons (Fsp3) is 0.455. The van der Waals surface area contributed by atoms with Crippen LogP contribution in [0, 0.1) is 0 Å². The zero-order chi connectivity index (χ0) is 11.1. The summed E-state index contributed by atoms with van der Waals surface area (Å²) in [7, 11) is 3.64. The van der Waals surface area contributed by atoms with Crippen molar-refractivity contribution >= 4 is 23.4 Å². The summed E-state index contributed by atoms with van der Waals surface area (Å²) in [5.74, 6) is 1.96. The van der Waals surface area contributed by atoms with Crippen LogP contribution in [-0.2, 0) is 0 Å². The number of hydrogen-bond donors (Lipinski definition) is 1. The van der Waals surface area contributed by atoms with Gasteiger partial charge in [-0.15, -0.1) is 11.8 Å². The number of thioether (sulfide) groups is 1. The lowest BCUT2D eigenvalue weighted by atomic mass is 10.3. The van der Waals surface area contributed by atoms with Gasteiger partial charge in [-0.25, -0.2) is 0 Å². The zero-order valence-corrected chi connectivity index (χ0v) is 10.6. The lowest BCUT2D eigenvalue weighted by Gasteiger charge is -2.08. The third-order valence-electron chi connectivity index (χ3n) is 1.95. The molecule has 0 unspecified atom stereocenters. The van der Waals surface area contributed by atoms with E-state index in [2.05, 4.69) is 5.32 Å². The molecule has 0 atom stereocenters. The topological polar surface area (TPSA) is 21.3 Å². The molecule has 84 valence electrons. The standard InChI is InChI=1S/C11H16ClNOS/c1-13-6-3-7-15-11-8-9(12)4-5-10(11)14-2/h4-5,8,13H,3,6-7H2,1-2H3. The Morgan fingerprint density at radius 1 is 1.47 bits per heavy atom. The third kappa shape index (κ3) is 4.33. The van der Waals surface area contributed by atoms with Crippen molar-refractivity contribution in [2.45, 2.75) is 11.3 Å². The maximum Gasteiger partial charge on any atom is 0.132 e. The predicted octanol–water partition coefficient (Wildman–Crippen LogP) is 3.05. The Bertz CT molecular complexity index is 307. The van der Waals surface area contributed by atoms with E-state index in [-0.39, 0.29) is 0 Å². The van der Waals surface area contributed by atoms with Gasteiger partial charge in [0.15, 0.2) is 0 Å². The number of ether oxygens (including phenoxy) is 1. The van der Waals surface area contributed by atoms with Crippen molar-refractivity contribution in [3.63, 3.8) is 0 Å². The molecule has 0 amide bonds. The predicted molar refractivity (Wildman–Crippen MR) is 67.3 cm³/mol. The molecule has 1 aromatic carbocycles. The number of rotatable bonds is 6. The second-order valence-corrected chi connectivity index (χ2v) is 4.67. The summed E-state index contributed by atoms with van der Waals surface area (Å²) >= 11 is 7.71. The van der Waals surface area contributed by atoms with Crippen molar-refractivity contribution in [2.75, 3.05) is 26.5 Å². The van der Waals surface area contributed by atoms with Gasteiger partial charge in [0.2, 0.25) is 0 Å². The lowest BCUT2D eigenvalue weighted by Crippen LogP contribution is -2.08. The molecule has 0 aliphatic carbocycles. The average Bonchev–Trinajstić information content (AvgIpc) is 2.25. The maximum absolute atomic E-state index is 5.93. The van der Waals surface area contributed by atoms with Gasteiger partial charge in [0.1, 0.15) is 5.75 Å². The summed E-state index contributed by atoms with van der Waals surface area (Å²) in [6, 6.07) is 5.70. The van der Waals surface area contributed by atoms with Gasteiger partial charge in [-0.1, -0.05) is 11.6 Å². The molecular weight excluding hydrogens is 230 g/mol. The third-order valence-corrected chi connectivity index (χ3v) is 3.31. The molecule has 0 fully saturated rings. The van der Waals surface area contributed by atoms with E-state index >= 15 is 0 Å². The second-order valence-electron chi connectivity index (χ2n) is 3.10. The van der Waals surface area contributed by atoms with Crippen molar-refractivity contribution in [1.29, 1.82) is 0 Å². The highest BCUT2D eigenvalue weighted by Gasteiger charge is 2.03. The van der Waals surface area contributed by atoms with Crippen LogP contribution in [0.25, 0.3) is 0 Å². The molecule has 15 heavy (non-hydrogen) atoms. The van der Waals surface area contributed by atoms with Gasteiger partial charge >= 0.3 is 0 Å². The Morgan fingerprint density at radius 2 is 2.27 bits per heavy atom. The van der Waals surface area contributed by atoms with Crippen molar-refractivity contribution < 1.29 is 4.74 Å². The molecule has 0 spiro atoms. The molecule has 0 aliphatic heterocycles. The van der Waals surface area contributed by atoms with Crippen LogP contribution in [-0.4, -0.2) is 26.5 Å². The number of methoxy groups -OCH3 is 1. The molecule has 0 heterocycles. The highest BCUT2D eigenvalue weighted by atomic mass is 35.5. The molecule has 4 heteroatoms. The van der Waals surface area contributed by atoms with Crippen LogP contribution in [0.5, 0.6) is 5.75 Å². The molecule has 0 saturated carbocycles. The van der Waals surface area contributed by atoms with E-state index in [9.17, 15) is 0 Å². The van der Waals surface area contributed by atoms with Crippen LogP contribution in [0.4, 0.5) is 0 Å². The number of nitrogens with one attached hydrogen (secondary N) is 1. The highest BCUT2D eigenvalue weighted by molar-refractivity contribution is 7.99. The summed E-state index contributed by atoms with van der Waals surface area (Å²) in [6.45, 7) is 1.04. The molecule has 0 aromatic heterocycles. The van der Waals surface area contributed by atoms with Crippen LogP contribution < -0.4 is 10.1 Å². The van der Waals surface area contributed by atoms with Gasteiger partial charge in [-0.2, -0.15) is 0 Å². The average molecular weight is 246 g/mol. The Balaban J connectivity index is 2.54. The highest BCUT2D eigenvalue weighted by Crippen LogP contribution is 2.31. The van der Waals surface area contributed by atoms with Crippen molar-refractivity contribution in [1.82, 2.24) is 5.32 Å². The summed E-state index contributed by atoms with van der Waals surface area (Å²) < 4.78 is 5.26. The van der Waals surface area contributed by atoms with Gasteiger partial charge in [-0.3, -0.25) is 0 Å². The second kappa shape index (κ2) is 6.99. The number of halogens is 1. The van der Waals surface area contributed by atoms with Crippen LogP contribution in [0.2, 0.25) is 5.02 Å². The molecule has 0 bridgehead atoms. The summed E-state index contributed by atoms with van der Waals surface area (Å²) in [5.41, 5.74) is 0. The Labute approximate surface area is 100 Å². The molecule has 0 radical (unpaired) electrons. The van der Waals surface area contributed by atoms with E-state index in [0.717, 1.165) is 34.4 Å². The van der Waals surface area contributed by atoms with Crippen LogP contribution in [0.15, 0.2) is 23.1 Å². The molecule has 2 nitrogen and oxygen atoms in total. The first kappa shape index (κ1) is 12.7. The van der Waals surface area contributed by atoms with Gasteiger partial charge in [0.05, 0.1) is 12.0 Å². The van der Waals surface area contributed by atoms with Gasteiger partial charge < -0.3 is 10.1 Å². The SMILES string of the molecule is CNCCCSc1cc(Cl)ccc1OC. The number of benzene rings is 1. The van der Waals surface area contributed by atoms with Crippen LogP contribution in [0.3, 0.4) is 0 Å². The minimum Gasteiger partial charge on any atom is -0.496 e. The Hall–Kier alpha value is -0.380. The van der Waals surface area contributed by atoms with E-state index in [1.165, 1.54) is 0 Å². The van der Waals surface area contributed by atoms with Crippen molar-refractivity contribution in [3.05, 3.63) is 23.2 Å². The zero-order valence-electron chi connectivity index (χ0n) is 9.05. The molecule has 0 saturated heterocycles. The minimum absolute atomic E-state index is 0.756. The minimum atomic E-state index is 0.756. The van der Waals surface area contributed by atoms with Crippen LogP contribution >= 0.6 is 23.4 Å². The van der Waals surface area contributed by atoms with E-state index < -0.39 is 0 Å². The summed E-state index contributed by atoms with van der Waals surface area (Å²) in [6.07, 6.45) is 1.14. The Morgan fingerprint density at radius 3 is 2.93 bits per heavy atom. The molecule has 1 rings (SSSR count). The van der Waals surface area contributed by atoms with E-state index in [0.29, 0.717) is 0 Å². The fourth-order valence-electron chi connectivity index (χ4n) is 1.19. The summed E-state index contributed by atoms with van der Waals surface area (Å²) in [4.78, 5) is 1.11. The van der Waals surface area contributed by atoms with Crippen molar-refractivity contribution in [2.24, 2.45) is 0 Å². The monoisotopic (exact) mass is 245 g/mol. The van der Waals surface area contributed by atoms with E-state index in [1.807, 2.05) is 25.2 Å². The molecule has 1 aromatic rings. The van der Waals surface area contributed by atoms with Gasteiger partial charge in [0.25, 0.3) is 0 Å². The first-order valence-corrected chi connectivity index (χ1v) is 6.25. The van der Waals surface area contributed by atoms with Gasteiger partial charge in [0, 0.05) is 5.02 Å². The molecule has 0 aliphatic rings. The largest absolute Gasteiger partial charge is 0.496 e. The number of hydrogen-bond acceptors (Lipinski definition) is 3. The van der Waals surface area contributed by atoms with E-state index in [1.54, 1.807) is 18.9 Å².